The first kappa shape index (κ1) is 30.9. The Balaban J connectivity index is 1.61. The van der Waals surface area contributed by atoms with E-state index in [0.29, 0.717) is 24.4 Å². The normalized spacial score (nSPS) is 27.9. The minimum atomic E-state index is -0.850. The number of methoxy groups -OCH3 is 1. The van der Waals surface area contributed by atoms with Gasteiger partial charge < -0.3 is 24.5 Å². The van der Waals surface area contributed by atoms with Gasteiger partial charge in [-0.15, -0.1) is 24.9 Å². The van der Waals surface area contributed by atoms with E-state index in [0.717, 1.165) is 12.1 Å². The van der Waals surface area contributed by atoms with Crippen LogP contribution in [0.3, 0.4) is 0 Å². The summed E-state index contributed by atoms with van der Waals surface area (Å²) in [5, 5.41) is 10.4. The fourth-order valence-corrected chi connectivity index (χ4v) is 9.82. The number of benzene rings is 2. The third-order valence-electron chi connectivity index (χ3n) is 9.39. The van der Waals surface area contributed by atoms with Crippen molar-refractivity contribution >= 4 is 40.9 Å². The predicted molar refractivity (Wildman–Crippen MR) is 171 cm³/mol. The number of ether oxygens (including phenoxy) is 1. The lowest BCUT2D eigenvalue weighted by Gasteiger charge is -2.42. The van der Waals surface area contributed by atoms with Gasteiger partial charge in [0.25, 0.3) is 5.91 Å². The summed E-state index contributed by atoms with van der Waals surface area (Å²) in [7, 11) is 1.59. The molecule has 0 aliphatic carbocycles. The molecular formula is C34H41N3O5S. The molecule has 7 atom stereocenters. The molecule has 0 saturated carbocycles. The molecule has 0 aromatic heterocycles. The highest BCUT2D eigenvalue weighted by molar-refractivity contribution is 8.02. The Hall–Kier alpha value is -3.56. The van der Waals surface area contributed by atoms with E-state index >= 15 is 0 Å². The van der Waals surface area contributed by atoms with E-state index in [2.05, 4.69) is 20.1 Å². The molecule has 228 valence electrons. The zero-order valence-electron chi connectivity index (χ0n) is 25.1. The Morgan fingerprint density at radius 1 is 1.07 bits per heavy atom. The van der Waals surface area contributed by atoms with Crippen molar-refractivity contribution in [3.63, 3.8) is 0 Å². The largest absolute Gasteiger partial charge is 0.497 e. The molecule has 1 spiro atoms. The van der Waals surface area contributed by atoms with Gasteiger partial charge in [-0.3, -0.25) is 14.4 Å². The van der Waals surface area contributed by atoms with Gasteiger partial charge in [0.1, 0.15) is 11.8 Å². The van der Waals surface area contributed by atoms with Gasteiger partial charge in [-0.2, -0.15) is 0 Å². The number of fused-ring (bicyclic) bond motifs is 1. The van der Waals surface area contributed by atoms with Crippen LogP contribution in [0.15, 0.2) is 79.9 Å². The number of nitrogens with zero attached hydrogens (tertiary/aromatic N) is 3. The van der Waals surface area contributed by atoms with Crippen LogP contribution in [0.25, 0.3) is 0 Å². The molecule has 2 bridgehead atoms. The van der Waals surface area contributed by atoms with E-state index in [4.69, 9.17) is 4.74 Å². The van der Waals surface area contributed by atoms with Crippen LogP contribution >= 0.6 is 11.8 Å². The van der Waals surface area contributed by atoms with E-state index < -0.39 is 28.7 Å². The van der Waals surface area contributed by atoms with Gasteiger partial charge in [0.2, 0.25) is 11.8 Å². The number of amides is 3. The van der Waals surface area contributed by atoms with Gasteiger partial charge in [0.05, 0.1) is 36.3 Å². The van der Waals surface area contributed by atoms with E-state index in [1.54, 1.807) is 57.9 Å². The van der Waals surface area contributed by atoms with Crippen LogP contribution in [0.2, 0.25) is 0 Å². The van der Waals surface area contributed by atoms with Crippen molar-refractivity contribution in [3.8, 4) is 5.75 Å². The van der Waals surface area contributed by atoms with Crippen molar-refractivity contribution in [2.24, 2.45) is 17.8 Å². The number of anilines is 2. The fourth-order valence-electron chi connectivity index (χ4n) is 7.43. The molecule has 1 N–H and O–H groups in total. The van der Waals surface area contributed by atoms with E-state index in [1.165, 1.54) is 0 Å². The Morgan fingerprint density at radius 3 is 2.23 bits per heavy atom. The first-order valence-corrected chi connectivity index (χ1v) is 15.8. The van der Waals surface area contributed by atoms with Crippen molar-refractivity contribution < 1.29 is 24.2 Å². The molecule has 3 unspecified atom stereocenters. The molecule has 8 nitrogen and oxygen atoms in total. The van der Waals surface area contributed by atoms with Gasteiger partial charge in [0, 0.05) is 29.7 Å². The van der Waals surface area contributed by atoms with Crippen molar-refractivity contribution in [2.45, 2.75) is 48.8 Å². The summed E-state index contributed by atoms with van der Waals surface area (Å²) < 4.78 is 4.51. The molecule has 9 heteroatoms. The third kappa shape index (κ3) is 4.96. The zero-order chi connectivity index (χ0) is 30.9. The second-order valence-electron chi connectivity index (χ2n) is 11.6. The minimum absolute atomic E-state index is 0.00155. The standard InChI is InChI=1S/C34H41N3O5S/c1-6-18-35(24-12-10-9-11-13-24)31(39)28-27-20-22(4)34(43-27)29(28)32(40)37(23(8-3)21-38)30(34)33(41)36(19-7-2)25-14-16-26(42-5)17-15-25/h6-7,9-17,22-23,27-30,38H,1-2,8,18-21H2,3-5H3/t22?,23-,27-,28+,29-,30?,34?/m0/s1. The van der Waals surface area contributed by atoms with Crippen molar-refractivity contribution in [2.75, 3.05) is 36.6 Å². The highest BCUT2D eigenvalue weighted by Crippen LogP contribution is 2.69. The Labute approximate surface area is 258 Å². The minimum Gasteiger partial charge on any atom is -0.497 e. The summed E-state index contributed by atoms with van der Waals surface area (Å²) in [6.07, 6.45) is 4.56. The average Bonchev–Trinajstić information content (AvgIpc) is 3.63. The number of rotatable bonds is 12. The Morgan fingerprint density at radius 2 is 1.67 bits per heavy atom. The number of hydrogen-bond acceptors (Lipinski definition) is 6. The SMILES string of the molecule is C=CCN(C(=O)C1N([C@@H](CC)CO)C(=O)[C@@H]2[C@H](C(=O)N(CC=C)c3ccccc3)[C@@H]3CC(C)C12S3)c1ccc(OC)cc1. The zero-order valence-corrected chi connectivity index (χ0v) is 25.9. The Kier molecular flexibility index (Phi) is 9.04. The molecular weight excluding hydrogens is 562 g/mol. The van der Waals surface area contributed by atoms with Gasteiger partial charge in [0.15, 0.2) is 0 Å². The van der Waals surface area contributed by atoms with Crippen molar-refractivity contribution in [1.82, 2.24) is 4.90 Å². The Bertz CT molecular complexity index is 1360. The smallest absolute Gasteiger partial charge is 0.251 e. The molecule has 3 amide bonds. The maximum Gasteiger partial charge on any atom is 0.251 e. The quantitative estimate of drug-likeness (QED) is 0.359. The summed E-state index contributed by atoms with van der Waals surface area (Å²) >= 11 is 1.63. The highest BCUT2D eigenvalue weighted by Gasteiger charge is 2.77. The molecule has 3 heterocycles. The lowest BCUT2D eigenvalue weighted by atomic mass is 9.65. The predicted octanol–water partition coefficient (Wildman–Crippen LogP) is 4.54. The number of aliphatic hydroxyl groups excluding tert-OH is 1. The summed E-state index contributed by atoms with van der Waals surface area (Å²) in [6, 6.07) is 15.3. The van der Waals surface area contributed by atoms with Crippen LogP contribution < -0.4 is 14.5 Å². The molecule has 43 heavy (non-hydrogen) atoms. The fraction of sp³-hybridized carbons (Fsp3) is 0.441. The molecule has 0 radical (unpaired) electrons. The van der Waals surface area contributed by atoms with Crippen LogP contribution in [0.1, 0.15) is 26.7 Å². The topological polar surface area (TPSA) is 90.4 Å². The highest BCUT2D eigenvalue weighted by atomic mass is 32.2. The monoisotopic (exact) mass is 603 g/mol. The molecule has 3 aliphatic rings. The van der Waals surface area contributed by atoms with E-state index in [1.807, 2.05) is 49.4 Å². The molecule has 2 aromatic carbocycles. The summed E-state index contributed by atoms with van der Waals surface area (Å²) in [4.78, 5) is 48.9. The molecule has 3 fully saturated rings. The number of carbonyl (C=O) groups excluding carboxylic acids is 3. The molecule has 3 aliphatic heterocycles. The van der Waals surface area contributed by atoms with Gasteiger partial charge in [-0.1, -0.05) is 44.2 Å². The van der Waals surface area contributed by atoms with Gasteiger partial charge in [-0.25, -0.2) is 0 Å². The van der Waals surface area contributed by atoms with Crippen LogP contribution in [0.4, 0.5) is 11.4 Å². The maximum absolute atomic E-state index is 14.8. The lowest BCUT2D eigenvalue weighted by Crippen LogP contribution is -2.59. The number of thioether (sulfide) groups is 1. The number of carbonyl (C=O) groups is 3. The average molecular weight is 604 g/mol. The van der Waals surface area contributed by atoms with Crippen molar-refractivity contribution in [3.05, 3.63) is 79.9 Å². The van der Waals surface area contributed by atoms with Gasteiger partial charge >= 0.3 is 0 Å². The first-order valence-electron chi connectivity index (χ1n) is 14.9. The molecule has 5 rings (SSSR count). The lowest BCUT2D eigenvalue weighted by molar-refractivity contribution is -0.142. The first-order chi connectivity index (χ1) is 20.8. The number of hydrogen-bond donors (Lipinski definition) is 1. The van der Waals surface area contributed by atoms with Crippen LogP contribution in [0.5, 0.6) is 5.75 Å². The summed E-state index contributed by atoms with van der Waals surface area (Å²) in [5.41, 5.74) is 1.41. The maximum atomic E-state index is 14.8. The number of aliphatic hydroxyl groups is 1. The number of para-hydroxylation sites is 1. The summed E-state index contributed by atoms with van der Waals surface area (Å²) in [6.45, 7) is 12.1. The summed E-state index contributed by atoms with van der Waals surface area (Å²) in [5.74, 6) is -1.20. The van der Waals surface area contributed by atoms with Gasteiger partial charge in [-0.05, 0) is 55.2 Å². The van der Waals surface area contributed by atoms with E-state index in [-0.39, 0.29) is 42.0 Å². The molecule has 2 aromatic rings. The second kappa shape index (κ2) is 12.6. The van der Waals surface area contributed by atoms with Crippen LogP contribution in [-0.2, 0) is 14.4 Å². The van der Waals surface area contributed by atoms with Crippen molar-refractivity contribution in [1.29, 1.82) is 0 Å². The van der Waals surface area contributed by atoms with E-state index in [9.17, 15) is 19.5 Å². The third-order valence-corrected chi connectivity index (χ3v) is 11.5. The second-order valence-corrected chi connectivity index (χ2v) is 13.1. The van der Waals surface area contributed by atoms with Crippen LogP contribution in [0, 0.1) is 17.8 Å². The molecule has 3 saturated heterocycles. The van der Waals surface area contributed by atoms with Crippen LogP contribution in [-0.4, -0.2) is 76.6 Å². The number of likely N-dealkylation sites (tertiary alicyclic amines) is 1.